The van der Waals surface area contributed by atoms with Gasteiger partial charge in [-0.25, -0.2) is 0 Å². The highest BCUT2D eigenvalue weighted by atomic mass is 16.1. The molecule has 0 aromatic heterocycles. The molecular weight excluding hydrogens is 102 g/mol. The number of hydrogen-bond donors (Lipinski definition) is 1. The second-order valence-electron chi connectivity index (χ2n) is 1.49. The molecule has 0 saturated carbocycles. The summed E-state index contributed by atoms with van der Waals surface area (Å²) in [4.78, 5) is 9.97. The molecule has 0 aliphatic carbocycles. The highest BCUT2D eigenvalue weighted by Gasteiger charge is 1.91. The lowest BCUT2D eigenvalue weighted by atomic mass is 10.2. The lowest BCUT2D eigenvalue weighted by molar-refractivity contribution is -0.104. The van der Waals surface area contributed by atoms with Crippen LogP contribution in [0.2, 0.25) is 0 Å². The molecule has 0 aliphatic heterocycles. The van der Waals surface area contributed by atoms with Gasteiger partial charge in [0.1, 0.15) is 0 Å². The van der Waals surface area contributed by atoms with Crippen LogP contribution >= 0.6 is 0 Å². The van der Waals surface area contributed by atoms with Crippen molar-refractivity contribution < 1.29 is 4.79 Å². The number of rotatable bonds is 2. The van der Waals surface area contributed by atoms with Gasteiger partial charge < -0.3 is 5.41 Å². The molecule has 0 aromatic rings. The first-order chi connectivity index (χ1) is 3.72. The molecule has 8 heavy (non-hydrogen) atoms. The van der Waals surface area contributed by atoms with E-state index in [4.69, 9.17) is 5.41 Å². The number of allylic oxidation sites excluding steroid dienone is 2. The third-order valence-electron chi connectivity index (χ3n) is 0.871. The van der Waals surface area contributed by atoms with Crippen molar-refractivity contribution in [2.45, 2.75) is 13.8 Å². The Hall–Kier alpha value is -0.920. The van der Waals surface area contributed by atoms with Crippen LogP contribution in [-0.2, 0) is 4.79 Å². The summed E-state index contributed by atoms with van der Waals surface area (Å²) in [5.41, 5.74) is 0.785. The summed E-state index contributed by atoms with van der Waals surface area (Å²) in [7, 11) is 0. The maximum Gasteiger partial charge on any atom is 0.151 e. The molecule has 0 heterocycles. The zero-order valence-corrected chi connectivity index (χ0v) is 5.06. The smallest absolute Gasteiger partial charge is 0.151 e. The van der Waals surface area contributed by atoms with E-state index >= 15 is 0 Å². The number of nitrogens with one attached hydrogen (secondary N) is 1. The summed E-state index contributed by atoms with van der Waals surface area (Å²) in [5, 5.41) is 6.95. The first-order valence-electron chi connectivity index (χ1n) is 2.39. The molecule has 0 unspecified atom stereocenters. The van der Waals surface area contributed by atoms with Gasteiger partial charge in [0.25, 0.3) is 0 Å². The molecule has 2 nitrogen and oxygen atoms in total. The van der Waals surface area contributed by atoms with Crippen molar-refractivity contribution in [3.05, 3.63) is 11.6 Å². The Labute approximate surface area is 48.7 Å². The lowest BCUT2D eigenvalue weighted by Crippen LogP contribution is -1.94. The molecule has 0 amide bonds. The van der Waals surface area contributed by atoms with E-state index in [2.05, 4.69) is 0 Å². The average Bonchev–Trinajstić information content (AvgIpc) is 1.69. The third kappa shape index (κ3) is 1.69. The molecule has 2 heteroatoms. The van der Waals surface area contributed by atoms with Gasteiger partial charge in [0, 0.05) is 11.3 Å². The topological polar surface area (TPSA) is 40.9 Å². The monoisotopic (exact) mass is 111 g/mol. The van der Waals surface area contributed by atoms with Gasteiger partial charge in [-0.05, 0) is 13.8 Å². The second kappa shape index (κ2) is 3.13. The maximum atomic E-state index is 9.97. The van der Waals surface area contributed by atoms with Crippen molar-refractivity contribution in [2.24, 2.45) is 0 Å². The predicted octanol–water partition coefficient (Wildman–Crippen LogP) is 1.17. The molecule has 0 atom stereocenters. The Balaban J connectivity index is 4.13. The Morgan fingerprint density at radius 3 is 2.12 bits per heavy atom. The van der Waals surface area contributed by atoms with E-state index in [0.29, 0.717) is 17.6 Å². The van der Waals surface area contributed by atoms with Crippen LogP contribution in [0.1, 0.15) is 13.8 Å². The minimum absolute atomic E-state index is 0.322. The number of carbonyl (C=O) groups excluding carboxylic acids is 1. The highest BCUT2D eigenvalue weighted by molar-refractivity contribution is 6.11. The van der Waals surface area contributed by atoms with Crippen LogP contribution < -0.4 is 0 Å². The average molecular weight is 111 g/mol. The Morgan fingerprint density at radius 1 is 1.62 bits per heavy atom. The molecule has 0 bridgehead atoms. The standard InChI is InChI=1S/C6H9NO/c1-3-6(4-8)5(2)7/h3-4,7H,1-2H3/b6-3-,7-5?. The fraction of sp³-hybridized carbons (Fsp3) is 0.333. The fourth-order valence-corrected chi connectivity index (χ4v) is 0.373. The first-order valence-corrected chi connectivity index (χ1v) is 2.39. The van der Waals surface area contributed by atoms with E-state index < -0.39 is 0 Å². The minimum Gasteiger partial charge on any atom is -0.305 e. The van der Waals surface area contributed by atoms with Crippen LogP contribution in [0.25, 0.3) is 0 Å². The number of carbonyl (C=O) groups is 1. The molecule has 0 spiro atoms. The molecule has 0 aromatic carbocycles. The summed E-state index contributed by atoms with van der Waals surface area (Å²) < 4.78 is 0. The maximum absolute atomic E-state index is 9.97. The molecule has 0 saturated heterocycles. The second-order valence-corrected chi connectivity index (χ2v) is 1.49. The normalized spacial score (nSPS) is 11.0. The van der Waals surface area contributed by atoms with E-state index in [9.17, 15) is 4.79 Å². The SMILES string of the molecule is C/C=C(/C=O)C(C)=N. The lowest BCUT2D eigenvalue weighted by Gasteiger charge is -1.88. The number of hydrogen-bond acceptors (Lipinski definition) is 2. The molecule has 0 radical (unpaired) electrons. The molecule has 0 fully saturated rings. The highest BCUT2D eigenvalue weighted by Crippen LogP contribution is 1.88. The van der Waals surface area contributed by atoms with Crippen molar-refractivity contribution in [1.82, 2.24) is 0 Å². The molecule has 0 aliphatic rings. The summed E-state index contributed by atoms with van der Waals surface area (Å²) in [6.45, 7) is 3.32. The summed E-state index contributed by atoms with van der Waals surface area (Å²) in [5.74, 6) is 0. The molecule has 1 N–H and O–H groups in total. The van der Waals surface area contributed by atoms with Gasteiger partial charge in [-0.3, -0.25) is 4.79 Å². The molecular formula is C6H9NO. The van der Waals surface area contributed by atoms with Gasteiger partial charge in [-0.15, -0.1) is 0 Å². The fourth-order valence-electron chi connectivity index (χ4n) is 0.373. The van der Waals surface area contributed by atoms with Gasteiger partial charge in [-0.2, -0.15) is 0 Å². The zero-order chi connectivity index (χ0) is 6.57. The van der Waals surface area contributed by atoms with Crippen LogP contribution in [0.3, 0.4) is 0 Å². The first kappa shape index (κ1) is 7.08. The van der Waals surface area contributed by atoms with Crippen molar-refractivity contribution in [1.29, 1.82) is 5.41 Å². The Kier molecular flexibility index (Phi) is 2.77. The van der Waals surface area contributed by atoms with Gasteiger partial charge in [0.05, 0.1) is 0 Å². The minimum atomic E-state index is 0.322. The van der Waals surface area contributed by atoms with Crippen molar-refractivity contribution in [3.8, 4) is 0 Å². The van der Waals surface area contributed by atoms with E-state index in [1.807, 2.05) is 0 Å². The molecule has 44 valence electrons. The van der Waals surface area contributed by atoms with E-state index in [0.717, 1.165) is 0 Å². The molecule has 0 rings (SSSR count). The van der Waals surface area contributed by atoms with Crippen molar-refractivity contribution in [3.63, 3.8) is 0 Å². The van der Waals surface area contributed by atoms with Crippen LogP contribution in [0.4, 0.5) is 0 Å². The Morgan fingerprint density at radius 2 is 2.12 bits per heavy atom. The van der Waals surface area contributed by atoms with Crippen molar-refractivity contribution >= 4 is 12.0 Å². The number of aldehydes is 1. The van der Waals surface area contributed by atoms with Crippen molar-refractivity contribution in [2.75, 3.05) is 0 Å². The van der Waals surface area contributed by atoms with Gasteiger partial charge >= 0.3 is 0 Å². The summed E-state index contributed by atoms with van der Waals surface area (Å²) >= 11 is 0. The third-order valence-corrected chi connectivity index (χ3v) is 0.871. The van der Waals surface area contributed by atoms with Crippen LogP contribution in [-0.4, -0.2) is 12.0 Å². The predicted molar refractivity (Wildman–Crippen MR) is 33.2 cm³/mol. The largest absolute Gasteiger partial charge is 0.305 e. The van der Waals surface area contributed by atoms with Crippen LogP contribution in [0.5, 0.6) is 0 Å². The van der Waals surface area contributed by atoms with E-state index in [1.165, 1.54) is 0 Å². The Bertz CT molecular complexity index is 135. The summed E-state index contributed by atoms with van der Waals surface area (Å²) in [6, 6.07) is 0. The van der Waals surface area contributed by atoms with Gasteiger partial charge in [0.2, 0.25) is 0 Å². The van der Waals surface area contributed by atoms with Crippen LogP contribution in [0.15, 0.2) is 11.6 Å². The quantitative estimate of drug-likeness (QED) is 0.324. The van der Waals surface area contributed by atoms with Gasteiger partial charge in [0.15, 0.2) is 6.29 Å². The van der Waals surface area contributed by atoms with E-state index in [-0.39, 0.29) is 0 Å². The van der Waals surface area contributed by atoms with Gasteiger partial charge in [-0.1, -0.05) is 6.08 Å². The summed E-state index contributed by atoms with van der Waals surface area (Å²) in [6.07, 6.45) is 2.30. The van der Waals surface area contributed by atoms with Crippen LogP contribution in [0, 0.1) is 5.41 Å². The zero-order valence-electron chi connectivity index (χ0n) is 5.06. The van der Waals surface area contributed by atoms with E-state index in [1.54, 1.807) is 19.9 Å².